The molecule has 1 rings (SSSR count). The molecule has 0 aliphatic carbocycles. The van der Waals surface area contributed by atoms with Gasteiger partial charge in [-0.25, -0.2) is 0 Å². The highest BCUT2D eigenvalue weighted by Gasteiger charge is 2.36. The van der Waals surface area contributed by atoms with Gasteiger partial charge in [0.05, 0.1) is 6.61 Å². The van der Waals surface area contributed by atoms with Gasteiger partial charge in [0.1, 0.15) is 12.1 Å². The summed E-state index contributed by atoms with van der Waals surface area (Å²) >= 11 is 0. The lowest BCUT2D eigenvalue weighted by Crippen LogP contribution is -2.62. The summed E-state index contributed by atoms with van der Waals surface area (Å²) in [5, 5.41) is 2.73. The lowest BCUT2D eigenvalue weighted by molar-refractivity contribution is -0.149. The first kappa shape index (κ1) is 15.9. The van der Waals surface area contributed by atoms with E-state index in [4.69, 9.17) is 9.47 Å². The Morgan fingerprint density at radius 1 is 1.26 bits per heavy atom. The van der Waals surface area contributed by atoms with Crippen LogP contribution in [0.25, 0.3) is 0 Å². The minimum Gasteiger partial charge on any atom is -0.385 e. The van der Waals surface area contributed by atoms with Crippen molar-refractivity contribution >= 4 is 11.8 Å². The molecule has 0 aromatic heterocycles. The average Bonchev–Trinajstić information content (AvgIpc) is 2.41. The Hall–Kier alpha value is -1.14. The van der Waals surface area contributed by atoms with E-state index in [2.05, 4.69) is 5.32 Å². The molecule has 1 N–H and O–H groups in total. The van der Waals surface area contributed by atoms with E-state index < -0.39 is 12.1 Å². The molecule has 6 heteroatoms. The highest BCUT2D eigenvalue weighted by atomic mass is 16.5. The molecule has 19 heavy (non-hydrogen) atoms. The molecule has 110 valence electrons. The van der Waals surface area contributed by atoms with Gasteiger partial charge in [-0.1, -0.05) is 6.92 Å². The second-order valence-electron chi connectivity index (χ2n) is 4.64. The van der Waals surface area contributed by atoms with Crippen molar-refractivity contribution in [3.8, 4) is 0 Å². The monoisotopic (exact) mass is 272 g/mol. The van der Waals surface area contributed by atoms with Crippen molar-refractivity contribution in [1.82, 2.24) is 10.2 Å². The van der Waals surface area contributed by atoms with Crippen LogP contribution in [0.15, 0.2) is 0 Å². The predicted octanol–water partition coefficient (Wildman–Crippen LogP) is 0.165. The summed E-state index contributed by atoms with van der Waals surface area (Å²) in [4.78, 5) is 25.4. The Balaban J connectivity index is 2.36. The Labute approximate surface area is 114 Å². The Morgan fingerprint density at radius 3 is 2.63 bits per heavy atom. The Kier molecular flexibility index (Phi) is 6.80. The van der Waals surface area contributed by atoms with Crippen molar-refractivity contribution in [2.75, 3.05) is 33.5 Å². The van der Waals surface area contributed by atoms with Crippen LogP contribution in [-0.2, 0) is 19.1 Å². The molecule has 0 aromatic rings. The molecule has 0 saturated carbocycles. The largest absolute Gasteiger partial charge is 0.385 e. The SMILES string of the molecule is CCC1NC(=O)C(C)N(CCOCCCOC)C1=O. The van der Waals surface area contributed by atoms with Gasteiger partial charge >= 0.3 is 0 Å². The number of hydrogen-bond acceptors (Lipinski definition) is 4. The van der Waals surface area contributed by atoms with Crippen molar-refractivity contribution < 1.29 is 19.1 Å². The van der Waals surface area contributed by atoms with Crippen LogP contribution in [0.2, 0.25) is 0 Å². The molecule has 1 saturated heterocycles. The van der Waals surface area contributed by atoms with E-state index in [0.717, 1.165) is 6.42 Å². The maximum atomic E-state index is 12.1. The molecular weight excluding hydrogens is 248 g/mol. The minimum atomic E-state index is -0.419. The standard InChI is InChI=1S/C13H24N2O4/c1-4-11-13(17)15(10(2)12(16)14-11)6-9-19-8-5-7-18-3/h10-11H,4-9H2,1-3H3,(H,14,16). The third-order valence-electron chi connectivity index (χ3n) is 3.27. The van der Waals surface area contributed by atoms with Gasteiger partial charge in [-0.3, -0.25) is 9.59 Å². The fraction of sp³-hybridized carbons (Fsp3) is 0.846. The third kappa shape index (κ3) is 4.47. The van der Waals surface area contributed by atoms with Crippen molar-refractivity contribution in [3.63, 3.8) is 0 Å². The number of piperazine rings is 1. The lowest BCUT2D eigenvalue weighted by Gasteiger charge is -2.37. The van der Waals surface area contributed by atoms with Gasteiger partial charge in [-0.05, 0) is 19.8 Å². The molecule has 2 unspecified atom stereocenters. The molecule has 1 heterocycles. The topological polar surface area (TPSA) is 67.9 Å². The number of methoxy groups -OCH3 is 1. The number of amides is 2. The molecule has 0 radical (unpaired) electrons. The summed E-state index contributed by atoms with van der Waals surface area (Å²) in [7, 11) is 1.65. The van der Waals surface area contributed by atoms with E-state index in [1.807, 2.05) is 6.92 Å². The van der Waals surface area contributed by atoms with Gasteiger partial charge in [0.15, 0.2) is 0 Å². The Morgan fingerprint density at radius 2 is 2.00 bits per heavy atom. The number of carbonyl (C=O) groups is 2. The van der Waals surface area contributed by atoms with Gasteiger partial charge in [0.2, 0.25) is 11.8 Å². The van der Waals surface area contributed by atoms with Crippen molar-refractivity contribution in [3.05, 3.63) is 0 Å². The molecule has 0 aromatic carbocycles. The fourth-order valence-corrected chi connectivity index (χ4v) is 2.04. The zero-order valence-electron chi connectivity index (χ0n) is 12.0. The summed E-state index contributed by atoms with van der Waals surface area (Å²) in [6, 6.07) is -0.810. The van der Waals surface area contributed by atoms with E-state index >= 15 is 0 Å². The van der Waals surface area contributed by atoms with Gasteiger partial charge < -0.3 is 19.7 Å². The maximum Gasteiger partial charge on any atom is 0.245 e. The summed E-state index contributed by atoms with van der Waals surface area (Å²) in [6.07, 6.45) is 1.45. The number of ether oxygens (including phenoxy) is 2. The molecule has 1 fully saturated rings. The highest BCUT2D eigenvalue weighted by molar-refractivity contribution is 5.96. The minimum absolute atomic E-state index is 0.0184. The highest BCUT2D eigenvalue weighted by Crippen LogP contribution is 2.11. The first-order valence-corrected chi connectivity index (χ1v) is 6.79. The molecule has 0 bridgehead atoms. The summed E-state index contributed by atoms with van der Waals surface area (Å²) in [5.74, 6) is -0.110. The number of carbonyl (C=O) groups excluding carboxylic acids is 2. The molecule has 6 nitrogen and oxygen atoms in total. The van der Waals surface area contributed by atoms with Crippen LogP contribution in [0.4, 0.5) is 0 Å². The normalized spacial score (nSPS) is 23.6. The van der Waals surface area contributed by atoms with Crippen molar-refractivity contribution in [1.29, 1.82) is 0 Å². The molecule has 0 spiro atoms. The second-order valence-corrected chi connectivity index (χ2v) is 4.64. The summed E-state index contributed by atoms with van der Waals surface area (Å²) in [6.45, 7) is 5.80. The molecule has 2 amide bonds. The van der Waals surface area contributed by atoms with E-state index in [9.17, 15) is 9.59 Å². The Bertz CT molecular complexity index is 309. The molecule has 1 aliphatic heterocycles. The van der Waals surface area contributed by atoms with Crippen LogP contribution >= 0.6 is 0 Å². The lowest BCUT2D eigenvalue weighted by atomic mass is 10.1. The van der Waals surface area contributed by atoms with E-state index in [1.54, 1.807) is 18.9 Å². The fourth-order valence-electron chi connectivity index (χ4n) is 2.04. The number of rotatable bonds is 8. The summed E-state index contributed by atoms with van der Waals surface area (Å²) < 4.78 is 10.4. The first-order valence-electron chi connectivity index (χ1n) is 6.79. The maximum absolute atomic E-state index is 12.1. The second kappa shape index (κ2) is 8.12. The average molecular weight is 272 g/mol. The van der Waals surface area contributed by atoms with E-state index in [1.165, 1.54) is 0 Å². The predicted molar refractivity (Wildman–Crippen MR) is 70.7 cm³/mol. The summed E-state index contributed by atoms with van der Waals surface area (Å²) in [5.41, 5.74) is 0. The van der Waals surface area contributed by atoms with Crippen LogP contribution < -0.4 is 5.32 Å². The van der Waals surface area contributed by atoms with E-state index in [-0.39, 0.29) is 11.8 Å². The number of hydrogen-bond donors (Lipinski definition) is 1. The van der Waals surface area contributed by atoms with Crippen LogP contribution in [-0.4, -0.2) is 62.3 Å². The van der Waals surface area contributed by atoms with Crippen LogP contribution in [0.5, 0.6) is 0 Å². The van der Waals surface area contributed by atoms with Crippen LogP contribution in [0, 0.1) is 0 Å². The van der Waals surface area contributed by atoms with Crippen molar-refractivity contribution in [2.24, 2.45) is 0 Å². The van der Waals surface area contributed by atoms with Crippen LogP contribution in [0.1, 0.15) is 26.7 Å². The van der Waals surface area contributed by atoms with E-state index in [0.29, 0.717) is 32.8 Å². The third-order valence-corrected chi connectivity index (χ3v) is 3.27. The van der Waals surface area contributed by atoms with Crippen molar-refractivity contribution in [2.45, 2.75) is 38.8 Å². The zero-order valence-corrected chi connectivity index (χ0v) is 12.0. The number of nitrogens with one attached hydrogen (secondary N) is 1. The molecule has 1 aliphatic rings. The van der Waals surface area contributed by atoms with Crippen LogP contribution in [0.3, 0.4) is 0 Å². The molecule has 2 atom stereocenters. The zero-order chi connectivity index (χ0) is 14.3. The van der Waals surface area contributed by atoms with Gasteiger partial charge in [-0.2, -0.15) is 0 Å². The number of nitrogens with zero attached hydrogens (tertiary/aromatic N) is 1. The first-order chi connectivity index (χ1) is 9.11. The van der Waals surface area contributed by atoms with Gasteiger partial charge in [-0.15, -0.1) is 0 Å². The molecular formula is C13H24N2O4. The smallest absolute Gasteiger partial charge is 0.245 e. The van der Waals surface area contributed by atoms with Gasteiger partial charge in [0, 0.05) is 26.9 Å². The van der Waals surface area contributed by atoms with Gasteiger partial charge in [0.25, 0.3) is 0 Å². The quantitative estimate of drug-likeness (QED) is 0.639.